The zero-order valence-corrected chi connectivity index (χ0v) is 18.8. The van der Waals surface area contributed by atoms with Crippen molar-refractivity contribution < 1.29 is 14.3 Å². The van der Waals surface area contributed by atoms with Crippen LogP contribution < -0.4 is 10.1 Å². The maximum absolute atomic E-state index is 12.9. The molecule has 1 spiro atoms. The Morgan fingerprint density at radius 3 is 2.58 bits per heavy atom. The summed E-state index contributed by atoms with van der Waals surface area (Å²) >= 11 is 0. The summed E-state index contributed by atoms with van der Waals surface area (Å²) in [6.07, 6.45) is 4.74. The van der Waals surface area contributed by atoms with E-state index in [4.69, 9.17) is 4.74 Å². The van der Waals surface area contributed by atoms with Gasteiger partial charge in [0.25, 0.3) is 5.91 Å². The van der Waals surface area contributed by atoms with Crippen molar-refractivity contribution in [3.05, 3.63) is 53.9 Å². The molecule has 3 heterocycles. The van der Waals surface area contributed by atoms with Gasteiger partial charge in [0.15, 0.2) is 0 Å². The summed E-state index contributed by atoms with van der Waals surface area (Å²) in [4.78, 5) is 27.4. The molecule has 0 unspecified atom stereocenters. The number of aromatic nitrogens is 1. The Morgan fingerprint density at radius 1 is 1.16 bits per heavy atom. The lowest BCUT2D eigenvalue weighted by atomic mass is 9.76. The van der Waals surface area contributed by atoms with Gasteiger partial charge in [-0.25, -0.2) is 0 Å². The number of hydrogen-bond donors (Lipinski definition) is 1. The summed E-state index contributed by atoms with van der Waals surface area (Å²) in [6.45, 7) is 6.23. The summed E-state index contributed by atoms with van der Waals surface area (Å²) < 4.78 is 8.40. The molecule has 2 aliphatic rings. The fourth-order valence-corrected chi connectivity index (χ4v) is 4.81. The van der Waals surface area contributed by atoms with Gasteiger partial charge in [0.1, 0.15) is 17.0 Å². The minimum Gasteiger partial charge on any atom is -0.487 e. The average molecular weight is 424 g/mol. The Balaban J connectivity index is 1.46. The Morgan fingerprint density at radius 2 is 1.90 bits per heavy atom. The van der Waals surface area contributed by atoms with Crippen molar-refractivity contribution in [3.63, 3.8) is 0 Å². The van der Waals surface area contributed by atoms with Crippen LogP contribution in [0.4, 0.5) is 0 Å². The average Bonchev–Trinajstić information content (AvgIpc) is 3.18. The number of amides is 2. The molecule has 1 N–H and O–H groups in total. The van der Waals surface area contributed by atoms with Gasteiger partial charge in [-0.3, -0.25) is 9.59 Å². The first-order valence-electron chi connectivity index (χ1n) is 11.3. The Labute approximate surface area is 184 Å². The van der Waals surface area contributed by atoms with Gasteiger partial charge < -0.3 is 19.5 Å². The quantitative estimate of drug-likeness (QED) is 0.797. The first kappa shape index (κ1) is 21.5. The third kappa shape index (κ3) is 4.63. The molecule has 2 amide bonds. The largest absolute Gasteiger partial charge is 0.487 e. The number of carbonyl (C=O) groups is 2. The minimum absolute atomic E-state index is 0.0724. The monoisotopic (exact) mass is 423 g/mol. The number of rotatable bonds is 5. The molecule has 4 rings (SSSR count). The van der Waals surface area contributed by atoms with Crippen LogP contribution in [0.25, 0.3) is 0 Å². The summed E-state index contributed by atoms with van der Waals surface area (Å²) in [5.74, 6) is 1.62. The number of fused-ring (bicyclic) bond motifs is 1. The molecule has 1 aromatic heterocycles. The van der Waals surface area contributed by atoms with Crippen LogP contribution in [0.15, 0.2) is 42.6 Å². The lowest BCUT2D eigenvalue weighted by molar-refractivity contribution is -0.122. The third-order valence-electron chi connectivity index (χ3n) is 6.57. The van der Waals surface area contributed by atoms with Crippen molar-refractivity contribution in [3.8, 4) is 5.75 Å². The molecule has 6 heteroatoms. The van der Waals surface area contributed by atoms with E-state index in [1.807, 2.05) is 53.0 Å². The Kier molecular flexibility index (Phi) is 6.08. The number of carbonyl (C=O) groups excluding carboxylic acids is 2. The second-order valence-corrected chi connectivity index (χ2v) is 9.42. The highest BCUT2D eigenvalue weighted by Gasteiger charge is 2.44. The fraction of sp³-hybridized carbons (Fsp3) is 0.520. The summed E-state index contributed by atoms with van der Waals surface area (Å²) in [5, 5.41) is 3.06. The van der Waals surface area contributed by atoms with Crippen LogP contribution in [0.3, 0.4) is 0 Å². The van der Waals surface area contributed by atoms with E-state index < -0.39 is 0 Å². The van der Waals surface area contributed by atoms with E-state index in [1.165, 1.54) is 0 Å². The topological polar surface area (TPSA) is 63.6 Å². The lowest BCUT2D eigenvalue weighted by Crippen LogP contribution is -2.52. The number of piperidine rings is 1. The van der Waals surface area contributed by atoms with Crippen molar-refractivity contribution in [1.29, 1.82) is 0 Å². The van der Waals surface area contributed by atoms with Crippen molar-refractivity contribution in [2.45, 2.75) is 51.0 Å². The SMILES string of the molecule is CC(C)CNC(=O)C[C@@H]1CC2(CCN(C(=O)c3cccn3C)CC2)Oc2ccccc21. The van der Waals surface area contributed by atoms with E-state index in [-0.39, 0.29) is 23.3 Å². The molecule has 1 aromatic carbocycles. The predicted octanol–water partition coefficient (Wildman–Crippen LogP) is 3.73. The van der Waals surface area contributed by atoms with Crippen LogP contribution in [0, 0.1) is 5.92 Å². The first-order valence-corrected chi connectivity index (χ1v) is 11.3. The molecule has 0 bridgehead atoms. The number of likely N-dealkylation sites (tertiary alicyclic amines) is 1. The number of benzene rings is 1. The maximum Gasteiger partial charge on any atom is 0.270 e. The maximum atomic E-state index is 12.9. The van der Waals surface area contributed by atoms with Gasteiger partial charge >= 0.3 is 0 Å². The number of para-hydroxylation sites is 1. The number of ether oxygens (including phenoxy) is 1. The normalized spacial score (nSPS) is 19.7. The standard InChI is InChI=1S/C25H33N3O3/c1-18(2)17-26-23(29)15-19-16-25(31-22-9-5-4-7-20(19)22)10-13-28(14-11-25)24(30)21-8-6-12-27(21)3/h4-9,12,18-19H,10-11,13-17H2,1-3H3,(H,26,29)/t19-/m1/s1. The minimum atomic E-state index is -0.317. The molecule has 2 aliphatic heterocycles. The molecule has 6 nitrogen and oxygen atoms in total. The van der Waals surface area contributed by atoms with Crippen molar-refractivity contribution >= 4 is 11.8 Å². The molecule has 31 heavy (non-hydrogen) atoms. The van der Waals surface area contributed by atoms with E-state index >= 15 is 0 Å². The molecule has 0 aliphatic carbocycles. The van der Waals surface area contributed by atoms with E-state index in [0.717, 1.165) is 30.6 Å². The van der Waals surface area contributed by atoms with Gasteiger partial charge in [0, 0.05) is 58.1 Å². The zero-order chi connectivity index (χ0) is 22.0. The molecule has 1 saturated heterocycles. The van der Waals surface area contributed by atoms with E-state index in [0.29, 0.717) is 37.7 Å². The van der Waals surface area contributed by atoms with Gasteiger partial charge in [-0.1, -0.05) is 32.0 Å². The second-order valence-electron chi connectivity index (χ2n) is 9.42. The molecule has 166 valence electrons. The molecule has 1 atom stereocenters. The summed E-state index contributed by atoms with van der Waals surface area (Å²) in [5.41, 5.74) is 1.52. The van der Waals surface area contributed by atoms with Crippen LogP contribution in [-0.4, -0.2) is 46.5 Å². The van der Waals surface area contributed by atoms with Crippen LogP contribution in [0.2, 0.25) is 0 Å². The number of nitrogens with one attached hydrogen (secondary N) is 1. The number of nitrogens with zero attached hydrogens (tertiary/aromatic N) is 2. The van der Waals surface area contributed by atoms with Crippen LogP contribution in [0.5, 0.6) is 5.75 Å². The third-order valence-corrected chi connectivity index (χ3v) is 6.57. The van der Waals surface area contributed by atoms with Crippen molar-refractivity contribution in [1.82, 2.24) is 14.8 Å². The highest BCUT2D eigenvalue weighted by molar-refractivity contribution is 5.92. The molecule has 1 fully saturated rings. The molecular formula is C25H33N3O3. The Hall–Kier alpha value is -2.76. The van der Waals surface area contributed by atoms with Crippen LogP contribution in [-0.2, 0) is 11.8 Å². The van der Waals surface area contributed by atoms with Gasteiger partial charge in [-0.15, -0.1) is 0 Å². The van der Waals surface area contributed by atoms with Crippen molar-refractivity contribution in [2.75, 3.05) is 19.6 Å². The zero-order valence-electron chi connectivity index (χ0n) is 18.8. The van der Waals surface area contributed by atoms with E-state index in [9.17, 15) is 9.59 Å². The summed E-state index contributed by atoms with van der Waals surface area (Å²) in [6, 6.07) is 11.9. The smallest absolute Gasteiger partial charge is 0.270 e. The lowest BCUT2D eigenvalue weighted by Gasteiger charge is -2.47. The number of aryl methyl sites for hydroxylation is 1. The number of hydrogen-bond acceptors (Lipinski definition) is 3. The van der Waals surface area contributed by atoms with Gasteiger partial charge in [0.05, 0.1) is 0 Å². The predicted molar refractivity (Wildman–Crippen MR) is 120 cm³/mol. The van der Waals surface area contributed by atoms with E-state index in [2.05, 4.69) is 25.2 Å². The molecular weight excluding hydrogens is 390 g/mol. The highest BCUT2D eigenvalue weighted by atomic mass is 16.5. The van der Waals surface area contributed by atoms with Crippen LogP contribution >= 0.6 is 0 Å². The van der Waals surface area contributed by atoms with Gasteiger partial charge in [-0.2, -0.15) is 0 Å². The van der Waals surface area contributed by atoms with Gasteiger partial charge in [-0.05, 0) is 36.1 Å². The Bertz CT molecular complexity index is 941. The fourth-order valence-electron chi connectivity index (χ4n) is 4.81. The first-order chi connectivity index (χ1) is 14.9. The molecule has 0 radical (unpaired) electrons. The second kappa shape index (κ2) is 8.77. The molecule has 0 saturated carbocycles. The van der Waals surface area contributed by atoms with Crippen LogP contribution in [0.1, 0.15) is 61.5 Å². The van der Waals surface area contributed by atoms with Gasteiger partial charge in [0.2, 0.25) is 5.91 Å². The summed E-state index contributed by atoms with van der Waals surface area (Å²) in [7, 11) is 1.90. The van der Waals surface area contributed by atoms with Crippen molar-refractivity contribution in [2.24, 2.45) is 13.0 Å². The molecule has 2 aromatic rings. The highest BCUT2D eigenvalue weighted by Crippen LogP contribution is 2.46. The van der Waals surface area contributed by atoms with E-state index in [1.54, 1.807) is 0 Å².